The Morgan fingerprint density at radius 2 is 1.71 bits per heavy atom. The molecule has 2 rings (SSSR count). The molecular formula is C22H31N3O5S. The molecule has 31 heavy (non-hydrogen) atoms. The van der Waals surface area contributed by atoms with Crippen LogP contribution in [0.1, 0.15) is 31.0 Å². The molecule has 2 N–H and O–H groups in total. The van der Waals surface area contributed by atoms with Gasteiger partial charge in [-0.15, -0.1) is 0 Å². The smallest absolute Gasteiger partial charge is 0.242 e. The number of hydrogen-bond acceptors (Lipinski definition) is 6. The van der Waals surface area contributed by atoms with E-state index in [0.29, 0.717) is 17.2 Å². The molecule has 0 saturated carbocycles. The summed E-state index contributed by atoms with van der Waals surface area (Å²) in [4.78, 5) is 12.9. The first-order valence-electron chi connectivity index (χ1n) is 9.83. The Balaban J connectivity index is 2.18. The molecule has 0 heterocycles. The lowest BCUT2D eigenvalue weighted by atomic mass is 10.1. The van der Waals surface area contributed by atoms with E-state index in [2.05, 4.69) is 10.6 Å². The molecule has 0 aromatic heterocycles. The van der Waals surface area contributed by atoms with Crippen molar-refractivity contribution in [2.45, 2.75) is 37.8 Å². The van der Waals surface area contributed by atoms with Crippen LogP contribution in [0.3, 0.4) is 0 Å². The minimum atomic E-state index is -3.60. The number of ether oxygens (including phenoxy) is 2. The molecule has 0 aliphatic heterocycles. The van der Waals surface area contributed by atoms with Gasteiger partial charge < -0.3 is 14.8 Å². The lowest BCUT2D eigenvalue weighted by Crippen LogP contribution is -2.39. The molecule has 170 valence electrons. The van der Waals surface area contributed by atoms with Crippen LogP contribution in [0.15, 0.2) is 41.3 Å². The molecule has 0 bridgehead atoms. The Labute approximate surface area is 184 Å². The van der Waals surface area contributed by atoms with Crippen LogP contribution in [-0.2, 0) is 14.8 Å². The maximum Gasteiger partial charge on any atom is 0.242 e. The summed E-state index contributed by atoms with van der Waals surface area (Å²) in [5, 5.41) is 6.08. The van der Waals surface area contributed by atoms with Crippen LogP contribution in [0.5, 0.6) is 11.5 Å². The maximum absolute atomic E-state index is 12.8. The topological polar surface area (TPSA) is 97.0 Å². The van der Waals surface area contributed by atoms with E-state index in [-0.39, 0.29) is 16.8 Å². The number of carbonyl (C=O) groups excluding carboxylic acids is 1. The SMILES string of the molecule is COc1ccc(OC)c([C@@H](C)N[C@H](C)C(=O)Nc2cc(S(=O)(=O)N(C)C)ccc2C)c1. The van der Waals surface area contributed by atoms with Crippen LogP contribution in [0.2, 0.25) is 0 Å². The summed E-state index contributed by atoms with van der Waals surface area (Å²) < 4.78 is 36.7. The zero-order chi connectivity index (χ0) is 23.3. The number of hydrogen-bond donors (Lipinski definition) is 2. The van der Waals surface area contributed by atoms with E-state index in [1.165, 1.54) is 26.2 Å². The molecule has 0 unspecified atom stereocenters. The summed E-state index contributed by atoms with van der Waals surface area (Å²) in [6.45, 7) is 5.48. The fourth-order valence-electron chi connectivity index (χ4n) is 3.07. The molecule has 2 aromatic carbocycles. The second-order valence-electron chi connectivity index (χ2n) is 7.47. The highest BCUT2D eigenvalue weighted by atomic mass is 32.2. The second-order valence-corrected chi connectivity index (χ2v) is 9.62. The van der Waals surface area contributed by atoms with E-state index in [1.807, 2.05) is 32.0 Å². The summed E-state index contributed by atoms with van der Waals surface area (Å²) >= 11 is 0. The summed E-state index contributed by atoms with van der Waals surface area (Å²) in [7, 11) is 2.51. The highest BCUT2D eigenvalue weighted by molar-refractivity contribution is 7.89. The Kier molecular flexibility index (Phi) is 8.05. The van der Waals surface area contributed by atoms with Gasteiger partial charge in [-0.05, 0) is 56.7 Å². The summed E-state index contributed by atoms with van der Waals surface area (Å²) in [6.07, 6.45) is 0. The monoisotopic (exact) mass is 449 g/mol. The summed E-state index contributed by atoms with van der Waals surface area (Å²) in [5.74, 6) is 1.10. The van der Waals surface area contributed by atoms with Crippen LogP contribution in [0.25, 0.3) is 0 Å². The van der Waals surface area contributed by atoms with Gasteiger partial charge in [0.05, 0.1) is 25.2 Å². The van der Waals surface area contributed by atoms with Crippen molar-refractivity contribution in [3.63, 3.8) is 0 Å². The molecule has 2 aromatic rings. The van der Waals surface area contributed by atoms with E-state index < -0.39 is 16.1 Å². The molecule has 1 amide bonds. The molecule has 0 saturated heterocycles. The van der Waals surface area contributed by atoms with Gasteiger partial charge in [-0.25, -0.2) is 12.7 Å². The molecular weight excluding hydrogens is 418 g/mol. The Morgan fingerprint density at radius 3 is 2.29 bits per heavy atom. The Morgan fingerprint density at radius 1 is 1.03 bits per heavy atom. The lowest BCUT2D eigenvalue weighted by molar-refractivity contribution is -0.117. The van der Waals surface area contributed by atoms with Gasteiger partial charge in [0.15, 0.2) is 0 Å². The highest BCUT2D eigenvalue weighted by Crippen LogP contribution is 2.29. The van der Waals surface area contributed by atoms with E-state index >= 15 is 0 Å². The van der Waals surface area contributed by atoms with Crippen molar-refractivity contribution in [1.29, 1.82) is 0 Å². The van der Waals surface area contributed by atoms with Gasteiger partial charge in [-0.1, -0.05) is 6.07 Å². The number of nitrogens with zero attached hydrogens (tertiary/aromatic N) is 1. The van der Waals surface area contributed by atoms with E-state index in [0.717, 1.165) is 15.4 Å². The first-order chi connectivity index (χ1) is 14.5. The number of carbonyl (C=O) groups is 1. The van der Waals surface area contributed by atoms with Crippen LogP contribution < -0.4 is 20.1 Å². The van der Waals surface area contributed by atoms with Gasteiger partial charge in [0.25, 0.3) is 0 Å². The molecule has 2 atom stereocenters. The van der Waals surface area contributed by atoms with Crippen LogP contribution >= 0.6 is 0 Å². The number of methoxy groups -OCH3 is 2. The largest absolute Gasteiger partial charge is 0.497 e. The zero-order valence-electron chi connectivity index (χ0n) is 19.0. The Hall–Kier alpha value is -2.62. The quantitative estimate of drug-likeness (QED) is 0.611. The average molecular weight is 450 g/mol. The van der Waals surface area contributed by atoms with Gasteiger partial charge in [-0.3, -0.25) is 10.1 Å². The maximum atomic E-state index is 12.8. The third-order valence-corrected chi connectivity index (χ3v) is 6.85. The minimum absolute atomic E-state index is 0.119. The van der Waals surface area contributed by atoms with Crippen molar-refractivity contribution in [2.75, 3.05) is 33.6 Å². The van der Waals surface area contributed by atoms with Gasteiger partial charge in [-0.2, -0.15) is 0 Å². The Bertz CT molecular complexity index is 1040. The predicted molar refractivity (Wildman–Crippen MR) is 121 cm³/mol. The number of rotatable bonds is 9. The van der Waals surface area contributed by atoms with Crippen LogP contribution in [-0.4, -0.2) is 53.0 Å². The number of aryl methyl sites for hydroxylation is 1. The number of anilines is 1. The van der Waals surface area contributed by atoms with Crippen molar-refractivity contribution in [3.8, 4) is 11.5 Å². The first kappa shape index (κ1) is 24.6. The molecule has 0 fully saturated rings. The first-order valence-corrected chi connectivity index (χ1v) is 11.3. The molecule has 0 aliphatic carbocycles. The van der Waals surface area contributed by atoms with E-state index in [1.54, 1.807) is 27.2 Å². The summed E-state index contributed by atoms with van der Waals surface area (Å²) in [5.41, 5.74) is 2.07. The molecule has 0 aliphatic rings. The fraction of sp³-hybridized carbons (Fsp3) is 0.409. The number of benzene rings is 2. The third kappa shape index (κ3) is 5.75. The van der Waals surface area contributed by atoms with Crippen LogP contribution in [0, 0.1) is 6.92 Å². The van der Waals surface area contributed by atoms with Crippen molar-refractivity contribution in [3.05, 3.63) is 47.5 Å². The van der Waals surface area contributed by atoms with Crippen molar-refractivity contribution < 1.29 is 22.7 Å². The predicted octanol–water partition coefficient (Wildman–Crippen LogP) is 2.94. The second kappa shape index (κ2) is 10.1. The number of sulfonamides is 1. The van der Waals surface area contributed by atoms with Crippen LogP contribution in [0.4, 0.5) is 5.69 Å². The molecule has 9 heteroatoms. The van der Waals surface area contributed by atoms with E-state index in [9.17, 15) is 13.2 Å². The number of nitrogens with one attached hydrogen (secondary N) is 2. The molecule has 0 radical (unpaired) electrons. The normalized spacial score (nSPS) is 13.5. The third-order valence-electron chi connectivity index (χ3n) is 5.04. The van der Waals surface area contributed by atoms with Crippen molar-refractivity contribution >= 4 is 21.6 Å². The van der Waals surface area contributed by atoms with Gasteiger partial charge in [0.1, 0.15) is 11.5 Å². The van der Waals surface area contributed by atoms with E-state index in [4.69, 9.17) is 9.47 Å². The molecule has 8 nitrogen and oxygen atoms in total. The minimum Gasteiger partial charge on any atom is -0.497 e. The van der Waals surface area contributed by atoms with Crippen molar-refractivity contribution in [1.82, 2.24) is 9.62 Å². The van der Waals surface area contributed by atoms with Gasteiger partial charge >= 0.3 is 0 Å². The van der Waals surface area contributed by atoms with Crippen molar-refractivity contribution in [2.24, 2.45) is 0 Å². The lowest BCUT2D eigenvalue weighted by Gasteiger charge is -2.22. The standard InChI is InChI=1S/C22H31N3O5S/c1-14-8-10-18(31(27,28)25(4)5)13-20(14)24-22(26)16(3)23-15(2)19-12-17(29-6)9-11-21(19)30-7/h8-13,15-16,23H,1-7H3,(H,24,26)/t15-,16-/m1/s1. The summed E-state index contributed by atoms with van der Waals surface area (Å²) in [6, 6.07) is 9.41. The zero-order valence-corrected chi connectivity index (χ0v) is 19.8. The van der Waals surface area contributed by atoms with Gasteiger partial charge in [0.2, 0.25) is 15.9 Å². The highest BCUT2D eigenvalue weighted by Gasteiger charge is 2.22. The van der Waals surface area contributed by atoms with Gasteiger partial charge in [0, 0.05) is 31.4 Å². The fourth-order valence-corrected chi connectivity index (χ4v) is 3.99. The molecule has 0 spiro atoms. The number of amides is 1. The average Bonchev–Trinajstić information content (AvgIpc) is 2.74.